The van der Waals surface area contributed by atoms with Crippen molar-refractivity contribution in [1.29, 1.82) is 0 Å². The van der Waals surface area contributed by atoms with Crippen molar-refractivity contribution in [2.45, 2.75) is 19.0 Å². The number of aryl methyl sites for hydroxylation is 2. The van der Waals surface area contributed by atoms with Crippen LogP contribution in [0.5, 0.6) is 0 Å². The summed E-state index contributed by atoms with van der Waals surface area (Å²) in [7, 11) is -3.77. The van der Waals surface area contributed by atoms with E-state index < -0.39 is 10.0 Å². The van der Waals surface area contributed by atoms with E-state index in [-0.39, 0.29) is 34.7 Å². The molecule has 0 unspecified atom stereocenters. The number of rotatable bonds is 1. The molecule has 13 heavy (non-hydrogen) atoms. The van der Waals surface area contributed by atoms with Gasteiger partial charge in [-0.1, -0.05) is 0 Å². The summed E-state index contributed by atoms with van der Waals surface area (Å²) >= 11 is 0. The van der Waals surface area contributed by atoms with E-state index in [1.54, 1.807) is 19.9 Å². The number of sulfonamides is 1. The van der Waals surface area contributed by atoms with E-state index >= 15 is 0 Å². The summed E-state index contributed by atoms with van der Waals surface area (Å²) in [5, 5.41) is 4.52. The minimum absolute atomic E-state index is 0. The van der Waals surface area contributed by atoms with Crippen molar-refractivity contribution >= 4 is 39.6 Å². The topological polar surface area (TPSA) is 85.9 Å². The quantitative estimate of drug-likeness (QED) is 0.493. The molecule has 1 rings (SSSR count). The van der Waals surface area contributed by atoms with Crippen molar-refractivity contribution in [3.63, 3.8) is 0 Å². The third kappa shape index (κ3) is 3.70. The molecular formula is C6H9N3NaO2S. The molecule has 0 saturated carbocycles. The first kappa shape index (κ1) is 13.0. The van der Waals surface area contributed by atoms with Gasteiger partial charge in [-0.05, 0) is 19.9 Å². The van der Waals surface area contributed by atoms with Gasteiger partial charge < -0.3 is 0 Å². The minimum Gasteiger partial charge on any atom is -0.222 e. The van der Waals surface area contributed by atoms with Crippen LogP contribution in [-0.4, -0.2) is 47.9 Å². The third-order valence-electron chi connectivity index (χ3n) is 1.22. The standard InChI is InChI=1S/C6H9N3O2S.Na/c1-4-3-5(2)9-6(8-4)12(7,10)11;/h3H,1-2H3,(H2,7,10,11);. The van der Waals surface area contributed by atoms with Crippen LogP contribution in [0.25, 0.3) is 0 Å². The SMILES string of the molecule is Cc1cc(C)nc(S(N)(=O)=O)n1.[Na]. The fourth-order valence-electron chi connectivity index (χ4n) is 0.821. The monoisotopic (exact) mass is 210 g/mol. The Morgan fingerprint density at radius 1 is 1.23 bits per heavy atom. The molecule has 0 aliphatic rings. The molecule has 0 spiro atoms. The first-order valence-corrected chi connectivity index (χ1v) is 4.79. The first-order chi connectivity index (χ1) is 5.39. The van der Waals surface area contributed by atoms with Gasteiger partial charge in [0.25, 0.3) is 15.2 Å². The number of hydrogen-bond acceptors (Lipinski definition) is 4. The van der Waals surface area contributed by atoms with Gasteiger partial charge in [0.05, 0.1) is 0 Å². The van der Waals surface area contributed by atoms with E-state index in [0.717, 1.165) is 0 Å². The molecule has 1 heterocycles. The van der Waals surface area contributed by atoms with Crippen molar-refractivity contribution in [3.05, 3.63) is 17.5 Å². The second-order valence-corrected chi connectivity index (χ2v) is 3.93. The molecular weight excluding hydrogens is 201 g/mol. The average Bonchev–Trinajstić information content (AvgIpc) is 1.82. The van der Waals surface area contributed by atoms with Gasteiger partial charge in [0.1, 0.15) is 0 Å². The van der Waals surface area contributed by atoms with E-state index in [1.165, 1.54) is 0 Å². The van der Waals surface area contributed by atoms with Gasteiger partial charge in [-0.15, -0.1) is 0 Å². The summed E-state index contributed by atoms with van der Waals surface area (Å²) in [5.41, 5.74) is 1.18. The Hall–Kier alpha value is -0.0100. The maximum atomic E-state index is 10.8. The molecule has 0 aromatic carbocycles. The van der Waals surface area contributed by atoms with Gasteiger partial charge in [0, 0.05) is 40.9 Å². The molecule has 67 valence electrons. The maximum absolute atomic E-state index is 10.8. The summed E-state index contributed by atoms with van der Waals surface area (Å²) in [6, 6.07) is 1.68. The summed E-state index contributed by atoms with van der Waals surface area (Å²) in [6.07, 6.45) is 0. The van der Waals surface area contributed by atoms with Crippen molar-refractivity contribution in [2.75, 3.05) is 0 Å². The molecule has 1 aromatic heterocycles. The van der Waals surface area contributed by atoms with Gasteiger partial charge in [-0.2, -0.15) is 0 Å². The van der Waals surface area contributed by atoms with Crippen molar-refractivity contribution in [3.8, 4) is 0 Å². The Morgan fingerprint density at radius 2 is 1.62 bits per heavy atom. The largest absolute Gasteiger partial charge is 0.273 e. The molecule has 0 atom stereocenters. The Balaban J connectivity index is 0.00000144. The van der Waals surface area contributed by atoms with Crippen LogP contribution in [0.4, 0.5) is 0 Å². The van der Waals surface area contributed by atoms with Gasteiger partial charge in [-0.3, -0.25) is 0 Å². The fraction of sp³-hybridized carbons (Fsp3) is 0.333. The van der Waals surface area contributed by atoms with Gasteiger partial charge in [-0.25, -0.2) is 23.5 Å². The first-order valence-electron chi connectivity index (χ1n) is 3.24. The van der Waals surface area contributed by atoms with Crippen LogP contribution in [0.2, 0.25) is 0 Å². The molecule has 5 nitrogen and oxygen atoms in total. The molecule has 0 bridgehead atoms. The van der Waals surface area contributed by atoms with Crippen LogP contribution in [0.15, 0.2) is 11.2 Å². The predicted molar refractivity (Wildman–Crippen MR) is 48.6 cm³/mol. The van der Waals surface area contributed by atoms with E-state index in [9.17, 15) is 8.42 Å². The molecule has 1 radical (unpaired) electrons. The second-order valence-electron chi connectivity index (χ2n) is 2.48. The number of nitrogens with zero attached hydrogens (tertiary/aromatic N) is 2. The predicted octanol–water partition coefficient (Wildman–Crippen LogP) is -0.640. The fourth-order valence-corrected chi connectivity index (χ4v) is 1.36. The molecule has 0 aliphatic heterocycles. The van der Waals surface area contributed by atoms with Crippen LogP contribution in [0, 0.1) is 13.8 Å². The van der Waals surface area contributed by atoms with Crippen LogP contribution in [0.1, 0.15) is 11.4 Å². The van der Waals surface area contributed by atoms with Crippen LogP contribution in [-0.2, 0) is 10.0 Å². The molecule has 7 heteroatoms. The molecule has 0 saturated heterocycles. The van der Waals surface area contributed by atoms with Crippen LogP contribution >= 0.6 is 0 Å². The molecule has 0 amide bonds. The van der Waals surface area contributed by atoms with E-state index in [1.807, 2.05) is 0 Å². The summed E-state index contributed by atoms with van der Waals surface area (Å²) in [5.74, 6) is 0. The summed E-state index contributed by atoms with van der Waals surface area (Å²) in [6.45, 7) is 3.37. The zero-order valence-electron chi connectivity index (χ0n) is 7.77. The number of nitrogens with two attached hydrogens (primary N) is 1. The van der Waals surface area contributed by atoms with Crippen LogP contribution < -0.4 is 5.14 Å². The summed E-state index contributed by atoms with van der Waals surface area (Å²) in [4.78, 5) is 7.36. The van der Waals surface area contributed by atoms with Crippen molar-refractivity contribution in [2.24, 2.45) is 5.14 Å². The molecule has 2 N–H and O–H groups in total. The smallest absolute Gasteiger partial charge is 0.222 e. The zero-order chi connectivity index (χ0) is 9.35. The zero-order valence-corrected chi connectivity index (χ0v) is 10.6. The Labute approximate surface area is 99.1 Å². The Bertz CT molecular complexity index is 384. The van der Waals surface area contributed by atoms with E-state index in [4.69, 9.17) is 5.14 Å². The number of primary sulfonamides is 1. The number of aromatic nitrogens is 2. The van der Waals surface area contributed by atoms with Gasteiger partial charge in [0.2, 0.25) is 0 Å². The maximum Gasteiger partial charge on any atom is 0.273 e. The normalized spacial score (nSPS) is 10.7. The molecule has 0 fully saturated rings. The second kappa shape index (κ2) is 4.47. The van der Waals surface area contributed by atoms with Gasteiger partial charge >= 0.3 is 0 Å². The van der Waals surface area contributed by atoms with Crippen molar-refractivity contribution in [1.82, 2.24) is 9.97 Å². The van der Waals surface area contributed by atoms with E-state index in [2.05, 4.69) is 9.97 Å². The average molecular weight is 210 g/mol. The Morgan fingerprint density at radius 3 is 1.92 bits per heavy atom. The third-order valence-corrected chi connectivity index (χ3v) is 1.91. The molecule has 1 aromatic rings. The number of hydrogen-bond donors (Lipinski definition) is 1. The van der Waals surface area contributed by atoms with Crippen molar-refractivity contribution < 1.29 is 8.42 Å². The van der Waals surface area contributed by atoms with E-state index in [0.29, 0.717) is 11.4 Å². The molecule has 0 aliphatic carbocycles. The van der Waals surface area contributed by atoms with Gasteiger partial charge in [0.15, 0.2) is 0 Å². The van der Waals surface area contributed by atoms with Crippen LogP contribution in [0.3, 0.4) is 0 Å². The Kier molecular flexibility index (Phi) is 4.47. The summed E-state index contributed by atoms with van der Waals surface area (Å²) < 4.78 is 21.6. The minimum atomic E-state index is -3.77.